The van der Waals surface area contributed by atoms with E-state index < -0.39 is 0 Å². The van der Waals surface area contributed by atoms with Crippen molar-refractivity contribution in [2.24, 2.45) is 0 Å². The van der Waals surface area contributed by atoms with Gasteiger partial charge in [0.05, 0.1) is 6.42 Å². The number of anilines is 1. The summed E-state index contributed by atoms with van der Waals surface area (Å²) in [5.74, 6) is 2.40. The predicted octanol–water partition coefficient (Wildman–Crippen LogP) is 1.15. The van der Waals surface area contributed by atoms with Gasteiger partial charge in [0.2, 0.25) is 5.91 Å². The lowest BCUT2D eigenvalue weighted by Crippen LogP contribution is -2.34. The SMILES string of the molecule is C#CCC(=O)N1CCNCc2ccccc21. The lowest BCUT2D eigenvalue weighted by atomic mass is 10.1. The van der Waals surface area contributed by atoms with Gasteiger partial charge in [-0.3, -0.25) is 4.79 Å². The van der Waals surface area contributed by atoms with Crippen LogP contribution in [0.2, 0.25) is 0 Å². The molecule has 0 atom stereocenters. The number of carbonyl (C=O) groups is 1. The van der Waals surface area contributed by atoms with Gasteiger partial charge in [-0.2, -0.15) is 0 Å². The number of benzene rings is 1. The average Bonchev–Trinajstić information content (AvgIpc) is 2.51. The molecule has 1 heterocycles. The summed E-state index contributed by atoms with van der Waals surface area (Å²) in [5.41, 5.74) is 2.12. The van der Waals surface area contributed by atoms with Crippen LogP contribution in [0, 0.1) is 12.3 Å². The Morgan fingerprint density at radius 2 is 2.31 bits per heavy atom. The summed E-state index contributed by atoms with van der Waals surface area (Å²) in [6.07, 6.45) is 5.34. The van der Waals surface area contributed by atoms with E-state index in [-0.39, 0.29) is 12.3 Å². The van der Waals surface area contributed by atoms with Crippen molar-refractivity contribution in [3.8, 4) is 12.3 Å². The fraction of sp³-hybridized carbons (Fsp3) is 0.308. The van der Waals surface area contributed by atoms with Crippen LogP contribution >= 0.6 is 0 Å². The molecule has 2 rings (SSSR count). The van der Waals surface area contributed by atoms with Gasteiger partial charge in [0.15, 0.2) is 0 Å². The number of para-hydroxylation sites is 1. The number of carbonyl (C=O) groups excluding carboxylic acids is 1. The Morgan fingerprint density at radius 3 is 3.12 bits per heavy atom. The maximum Gasteiger partial charge on any atom is 0.239 e. The second kappa shape index (κ2) is 4.82. The van der Waals surface area contributed by atoms with Crippen molar-refractivity contribution in [2.75, 3.05) is 18.0 Å². The van der Waals surface area contributed by atoms with Gasteiger partial charge in [0, 0.05) is 25.3 Å². The summed E-state index contributed by atoms with van der Waals surface area (Å²) in [7, 11) is 0. The molecular weight excluding hydrogens is 200 g/mol. The smallest absolute Gasteiger partial charge is 0.239 e. The van der Waals surface area contributed by atoms with Crippen molar-refractivity contribution in [1.82, 2.24) is 5.32 Å². The molecule has 0 fully saturated rings. The molecule has 1 N–H and O–H groups in total. The van der Waals surface area contributed by atoms with Crippen molar-refractivity contribution >= 4 is 11.6 Å². The zero-order valence-corrected chi connectivity index (χ0v) is 9.07. The van der Waals surface area contributed by atoms with Crippen molar-refractivity contribution < 1.29 is 4.79 Å². The van der Waals surface area contributed by atoms with Gasteiger partial charge in [-0.25, -0.2) is 0 Å². The number of nitrogens with zero attached hydrogens (tertiary/aromatic N) is 1. The first-order valence-corrected chi connectivity index (χ1v) is 5.35. The van der Waals surface area contributed by atoms with Crippen molar-refractivity contribution in [1.29, 1.82) is 0 Å². The third-order valence-corrected chi connectivity index (χ3v) is 2.66. The minimum atomic E-state index is -0.00125. The topological polar surface area (TPSA) is 32.3 Å². The zero-order valence-electron chi connectivity index (χ0n) is 9.07. The average molecular weight is 214 g/mol. The van der Waals surface area contributed by atoms with Gasteiger partial charge < -0.3 is 10.2 Å². The van der Waals surface area contributed by atoms with Crippen molar-refractivity contribution in [3.05, 3.63) is 29.8 Å². The minimum absolute atomic E-state index is 0.00125. The Labute approximate surface area is 95.5 Å². The van der Waals surface area contributed by atoms with Gasteiger partial charge in [0.1, 0.15) is 0 Å². The lowest BCUT2D eigenvalue weighted by Gasteiger charge is -2.21. The van der Waals surface area contributed by atoms with Crippen molar-refractivity contribution in [2.45, 2.75) is 13.0 Å². The van der Waals surface area contributed by atoms with E-state index in [1.54, 1.807) is 4.90 Å². The molecule has 16 heavy (non-hydrogen) atoms. The molecule has 1 aliphatic rings. The summed E-state index contributed by atoms with van der Waals surface area (Å²) >= 11 is 0. The van der Waals surface area contributed by atoms with E-state index in [9.17, 15) is 4.79 Å². The van der Waals surface area contributed by atoms with Gasteiger partial charge in [-0.15, -0.1) is 6.42 Å². The molecule has 1 aliphatic heterocycles. The fourth-order valence-corrected chi connectivity index (χ4v) is 1.90. The molecule has 0 spiro atoms. The van der Waals surface area contributed by atoms with Crippen LogP contribution in [0.3, 0.4) is 0 Å². The van der Waals surface area contributed by atoms with E-state index in [1.807, 2.05) is 24.3 Å². The largest absolute Gasteiger partial charge is 0.311 e. The molecule has 82 valence electrons. The monoisotopic (exact) mass is 214 g/mol. The number of fused-ring (bicyclic) bond motifs is 1. The highest BCUT2D eigenvalue weighted by Gasteiger charge is 2.19. The second-order valence-electron chi connectivity index (χ2n) is 3.73. The molecule has 0 unspecified atom stereocenters. The molecule has 0 aliphatic carbocycles. The zero-order chi connectivity index (χ0) is 11.4. The summed E-state index contributed by atoms with van der Waals surface area (Å²) in [4.78, 5) is 13.6. The molecule has 0 saturated carbocycles. The molecule has 0 aromatic heterocycles. The van der Waals surface area contributed by atoms with Gasteiger partial charge >= 0.3 is 0 Å². The number of amides is 1. The minimum Gasteiger partial charge on any atom is -0.311 e. The van der Waals surface area contributed by atoms with Crippen LogP contribution in [0.1, 0.15) is 12.0 Å². The summed E-state index contributed by atoms with van der Waals surface area (Å²) in [6.45, 7) is 2.28. The van der Waals surface area contributed by atoms with Crippen LogP contribution in [0.15, 0.2) is 24.3 Å². The lowest BCUT2D eigenvalue weighted by molar-refractivity contribution is -0.117. The number of hydrogen-bond donors (Lipinski definition) is 1. The summed E-state index contributed by atoms with van der Waals surface area (Å²) < 4.78 is 0. The van der Waals surface area contributed by atoms with Crippen LogP contribution in [-0.4, -0.2) is 19.0 Å². The van der Waals surface area contributed by atoms with Crippen LogP contribution in [-0.2, 0) is 11.3 Å². The molecule has 0 bridgehead atoms. The third kappa shape index (κ3) is 2.07. The van der Waals surface area contributed by atoms with Gasteiger partial charge in [-0.05, 0) is 11.6 Å². The first kappa shape index (κ1) is 10.7. The molecule has 1 aromatic rings. The highest BCUT2D eigenvalue weighted by Crippen LogP contribution is 2.22. The normalized spacial score (nSPS) is 14.8. The van der Waals surface area contributed by atoms with E-state index in [0.29, 0.717) is 6.54 Å². The van der Waals surface area contributed by atoms with Crippen LogP contribution < -0.4 is 10.2 Å². The molecule has 0 radical (unpaired) electrons. The van der Waals surface area contributed by atoms with E-state index >= 15 is 0 Å². The Morgan fingerprint density at radius 1 is 1.50 bits per heavy atom. The van der Waals surface area contributed by atoms with E-state index in [4.69, 9.17) is 6.42 Å². The van der Waals surface area contributed by atoms with E-state index in [2.05, 4.69) is 11.2 Å². The number of rotatable bonds is 1. The third-order valence-electron chi connectivity index (χ3n) is 2.66. The predicted molar refractivity (Wildman–Crippen MR) is 64.0 cm³/mol. The maximum absolute atomic E-state index is 11.9. The fourth-order valence-electron chi connectivity index (χ4n) is 1.90. The Kier molecular flexibility index (Phi) is 3.23. The first-order valence-electron chi connectivity index (χ1n) is 5.35. The Balaban J connectivity index is 2.33. The standard InChI is InChI=1S/C13H14N2O/c1-2-5-13(16)15-9-8-14-10-11-6-3-4-7-12(11)15/h1,3-4,6-7,14H,5,8-10H2. The number of terminal acetylenes is 1. The second-order valence-corrected chi connectivity index (χ2v) is 3.73. The first-order chi connectivity index (χ1) is 7.83. The van der Waals surface area contributed by atoms with Gasteiger partial charge in [0.25, 0.3) is 0 Å². The maximum atomic E-state index is 11.9. The van der Waals surface area contributed by atoms with Gasteiger partial charge in [-0.1, -0.05) is 24.1 Å². The Bertz CT molecular complexity index is 434. The van der Waals surface area contributed by atoms with E-state index in [1.165, 1.54) is 0 Å². The van der Waals surface area contributed by atoms with Crippen molar-refractivity contribution in [3.63, 3.8) is 0 Å². The van der Waals surface area contributed by atoms with Crippen LogP contribution in [0.4, 0.5) is 5.69 Å². The van der Waals surface area contributed by atoms with Crippen LogP contribution in [0.5, 0.6) is 0 Å². The molecule has 0 saturated heterocycles. The van der Waals surface area contributed by atoms with Crippen LogP contribution in [0.25, 0.3) is 0 Å². The Hall–Kier alpha value is -1.79. The summed E-state index contributed by atoms with van der Waals surface area (Å²) in [5, 5.41) is 3.28. The highest BCUT2D eigenvalue weighted by atomic mass is 16.2. The molecular formula is C13H14N2O. The number of hydrogen-bond acceptors (Lipinski definition) is 2. The molecule has 1 aromatic carbocycles. The van der Waals surface area contributed by atoms with E-state index in [0.717, 1.165) is 24.3 Å². The number of nitrogens with one attached hydrogen (secondary N) is 1. The highest BCUT2D eigenvalue weighted by molar-refractivity contribution is 5.95. The molecule has 3 heteroatoms. The quantitative estimate of drug-likeness (QED) is 0.711. The molecule has 3 nitrogen and oxygen atoms in total. The summed E-state index contributed by atoms with van der Waals surface area (Å²) in [6, 6.07) is 7.93. The molecule has 1 amide bonds.